The number of nitrogens with two attached hydrogens (primary N) is 1. The molecule has 1 aliphatic rings. The van der Waals surface area contributed by atoms with Gasteiger partial charge in [-0.1, -0.05) is 0 Å². The summed E-state index contributed by atoms with van der Waals surface area (Å²) in [7, 11) is 0. The van der Waals surface area contributed by atoms with E-state index in [4.69, 9.17) is 5.73 Å². The lowest BCUT2D eigenvalue weighted by molar-refractivity contribution is -0.136. The molecule has 1 heterocycles. The number of alkyl halides is 3. The van der Waals surface area contributed by atoms with Gasteiger partial charge in [0.1, 0.15) is 0 Å². The highest BCUT2D eigenvalue weighted by molar-refractivity contribution is 4.73. The average Bonchev–Trinajstić information content (AvgIpc) is 2.17. The maximum Gasteiger partial charge on any atom is 0.389 e. The minimum atomic E-state index is -4.01. The van der Waals surface area contributed by atoms with Gasteiger partial charge in [-0.05, 0) is 51.2 Å². The number of hydrogen-bond acceptors (Lipinski definition) is 2. The van der Waals surface area contributed by atoms with Crippen LogP contribution in [0.1, 0.15) is 32.1 Å². The summed E-state index contributed by atoms with van der Waals surface area (Å²) in [4.78, 5) is 2.15. The second-order valence-electron chi connectivity index (χ2n) is 4.60. The molecule has 0 saturated carbocycles. The number of halogens is 3. The minimum absolute atomic E-state index is 0.221. The van der Waals surface area contributed by atoms with Gasteiger partial charge in [0.2, 0.25) is 0 Å². The van der Waals surface area contributed by atoms with Gasteiger partial charge < -0.3 is 10.6 Å². The molecule has 0 aromatic heterocycles. The van der Waals surface area contributed by atoms with Crippen LogP contribution in [0.5, 0.6) is 0 Å². The van der Waals surface area contributed by atoms with Gasteiger partial charge in [-0.2, -0.15) is 13.2 Å². The zero-order valence-electron chi connectivity index (χ0n) is 9.60. The van der Waals surface area contributed by atoms with Crippen LogP contribution in [-0.4, -0.2) is 37.3 Å². The Bertz CT molecular complexity index is 192. The van der Waals surface area contributed by atoms with Crippen LogP contribution in [0.15, 0.2) is 0 Å². The number of hydrogen-bond donors (Lipinski definition) is 1. The van der Waals surface area contributed by atoms with Crippen LogP contribution < -0.4 is 5.73 Å². The largest absolute Gasteiger partial charge is 0.389 e. The molecule has 0 amide bonds. The Balaban J connectivity index is 2.16. The molecule has 1 unspecified atom stereocenters. The van der Waals surface area contributed by atoms with Gasteiger partial charge in [0, 0.05) is 13.0 Å². The van der Waals surface area contributed by atoms with Gasteiger partial charge in [-0.3, -0.25) is 0 Å². The maximum atomic E-state index is 12.0. The van der Waals surface area contributed by atoms with E-state index in [1.54, 1.807) is 0 Å². The Morgan fingerprint density at radius 3 is 2.69 bits per heavy atom. The normalized spacial score (nSPS) is 23.6. The zero-order chi connectivity index (χ0) is 12.0. The van der Waals surface area contributed by atoms with E-state index in [0.29, 0.717) is 19.0 Å². The van der Waals surface area contributed by atoms with Crippen molar-refractivity contribution in [2.75, 3.05) is 26.2 Å². The highest BCUT2D eigenvalue weighted by Gasteiger charge is 2.27. The maximum absolute atomic E-state index is 12.0. The minimum Gasteiger partial charge on any atom is -0.330 e. The van der Waals surface area contributed by atoms with Crippen molar-refractivity contribution in [3.63, 3.8) is 0 Å². The molecule has 1 atom stereocenters. The molecule has 1 rings (SSSR count). The smallest absolute Gasteiger partial charge is 0.330 e. The third-order valence-corrected chi connectivity index (χ3v) is 3.11. The molecule has 96 valence electrons. The van der Waals surface area contributed by atoms with E-state index in [1.165, 1.54) is 6.42 Å². The molecule has 0 aliphatic carbocycles. The predicted molar refractivity (Wildman–Crippen MR) is 58.1 cm³/mol. The van der Waals surface area contributed by atoms with Gasteiger partial charge in [0.25, 0.3) is 0 Å². The molecule has 0 aromatic carbocycles. The third kappa shape index (κ3) is 5.70. The predicted octanol–water partition coefficient (Wildman–Crippen LogP) is 2.39. The number of nitrogens with zero attached hydrogens (tertiary/aromatic N) is 1. The summed E-state index contributed by atoms with van der Waals surface area (Å²) in [6.45, 7) is 3.12. The van der Waals surface area contributed by atoms with Crippen molar-refractivity contribution in [1.82, 2.24) is 4.90 Å². The second-order valence-corrected chi connectivity index (χ2v) is 4.60. The summed E-state index contributed by atoms with van der Waals surface area (Å²) in [5.41, 5.74) is 5.49. The van der Waals surface area contributed by atoms with Crippen molar-refractivity contribution in [1.29, 1.82) is 0 Å². The lowest BCUT2D eigenvalue weighted by Crippen LogP contribution is -2.37. The monoisotopic (exact) mass is 238 g/mol. The molecule has 5 heteroatoms. The van der Waals surface area contributed by atoms with Crippen molar-refractivity contribution < 1.29 is 13.2 Å². The van der Waals surface area contributed by atoms with E-state index in [-0.39, 0.29) is 6.42 Å². The summed E-state index contributed by atoms with van der Waals surface area (Å²) in [6, 6.07) is 0. The molecule has 0 radical (unpaired) electrons. The van der Waals surface area contributed by atoms with Gasteiger partial charge in [0.05, 0.1) is 0 Å². The van der Waals surface area contributed by atoms with Crippen LogP contribution in [0.3, 0.4) is 0 Å². The summed E-state index contributed by atoms with van der Waals surface area (Å²) >= 11 is 0. The molecule has 16 heavy (non-hydrogen) atoms. The van der Waals surface area contributed by atoms with E-state index in [0.717, 1.165) is 25.9 Å². The van der Waals surface area contributed by atoms with Crippen LogP contribution in [0.25, 0.3) is 0 Å². The Morgan fingerprint density at radius 1 is 1.31 bits per heavy atom. The van der Waals surface area contributed by atoms with Crippen LogP contribution in [0, 0.1) is 5.92 Å². The fraction of sp³-hybridized carbons (Fsp3) is 1.00. The summed E-state index contributed by atoms with van der Waals surface area (Å²) in [6.07, 6.45) is -1.18. The SMILES string of the molecule is NCCC1CCCN(CCCC(F)(F)F)C1. The molecule has 2 N–H and O–H groups in total. The van der Waals surface area contributed by atoms with Gasteiger partial charge >= 0.3 is 6.18 Å². The first-order chi connectivity index (χ1) is 7.51. The van der Waals surface area contributed by atoms with Crippen molar-refractivity contribution >= 4 is 0 Å². The number of piperidine rings is 1. The fourth-order valence-electron chi connectivity index (χ4n) is 2.33. The molecule has 0 aromatic rings. The van der Waals surface area contributed by atoms with Gasteiger partial charge in [-0.15, -0.1) is 0 Å². The van der Waals surface area contributed by atoms with Crippen molar-refractivity contribution in [2.45, 2.75) is 38.3 Å². The Morgan fingerprint density at radius 2 is 2.06 bits per heavy atom. The van der Waals surface area contributed by atoms with Crippen molar-refractivity contribution in [3.8, 4) is 0 Å². The van der Waals surface area contributed by atoms with E-state index in [1.807, 2.05) is 0 Å². The van der Waals surface area contributed by atoms with Crippen LogP contribution >= 0.6 is 0 Å². The molecular formula is C11H21F3N2. The van der Waals surface area contributed by atoms with E-state index in [9.17, 15) is 13.2 Å². The average molecular weight is 238 g/mol. The molecule has 1 fully saturated rings. The number of likely N-dealkylation sites (tertiary alicyclic amines) is 1. The van der Waals surface area contributed by atoms with Gasteiger partial charge in [0.15, 0.2) is 0 Å². The van der Waals surface area contributed by atoms with Crippen molar-refractivity contribution in [3.05, 3.63) is 0 Å². The Labute approximate surface area is 95.0 Å². The lowest BCUT2D eigenvalue weighted by atomic mass is 9.95. The summed E-state index contributed by atoms with van der Waals surface area (Å²) < 4.78 is 35.9. The van der Waals surface area contributed by atoms with Gasteiger partial charge in [-0.25, -0.2) is 0 Å². The number of rotatable bonds is 5. The molecular weight excluding hydrogens is 217 g/mol. The first-order valence-electron chi connectivity index (χ1n) is 6.00. The first kappa shape index (κ1) is 13.8. The van der Waals surface area contributed by atoms with Crippen LogP contribution in [-0.2, 0) is 0 Å². The summed E-state index contributed by atoms with van der Waals surface area (Å²) in [5, 5.41) is 0. The molecule has 1 aliphatic heterocycles. The Kier molecular flexibility index (Phi) is 5.55. The highest BCUT2D eigenvalue weighted by atomic mass is 19.4. The molecule has 0 spiro atoms. The van der Waals surface area contributed by atoms with E-state index >= 15 is 0 Å². The van der Waals surface area contributed by atoms with E-state index < -0.39 is 12.6 Å². The van der Waals surface area contributed by atoms with Crippen molar-refractivity contribution in [2.24, 2.45) is 11.7 Å². The standard InChI is InChI=1S/C11H21F3N2/c12-11(13,14)5-2-8-16-7-1-3-10(9-16)4-6-15/h10H,1-9,15H2. The third-order valence-electron chi connectivity index (χ3n) is 3.11. The molecule has 2 nitrogen and oxygen atoms in total. The summed E-state index contributed by atoms with van der Waals surface area (Å²) in [5.74, 6) is 0.588. The highest BCUT2D eigenvalue weighted by Crippen LogP contribution is 2.23. The quantitative estimate of drug-likeness (QED) is 0.797. The second kappa shape index (κ2) is 6.45. The molecule has 1 saturated heterocycles. The first-order valence-corrected chi connectivity index (χ1v) is 6.00. The topological polar surface area (TPSA) is 29.3 Å². The lowest BCUT2D eigenvalue weighted by Gasteiger charge is -2.32. The van der Waals surface area contributed by atoms with Crippen LogP contribution in [0.4, 0.5) is 13.2 Å². The molecule has 0 bridgehead atoms. The van der Waals surface area contributed by atoms with Crippen LogP contribution in [0.2, 0.25) is 0 Å². The van der Waals surface area contributed by atoms with E-state index in [2.05, 4.69) is 4.90 Å². The zero-order valence-corrected chi connectivity index (χ0v) is 9.60. The fourth-order valence-corrected chi connectivity index (χ4v) is 2.33. The Hall–Kier alpha value is -0.290.